The first-order valence-electron chi connectivity index (χ1n) is 11.2. The van der Waals surface area contributed by atoms with Gasteiger partial charge in [0.1, 0.15) is 11.9 Å². The zero-order chi connectivity index (χ0) is 23.4. The van der Waals surface area contributed by atoms with Gasteiger partial charge in [-0.25, -0.2) is 4.79 Å². The predicted octanol–water partition coefficient (Wildman–Crippen LogP) is 3.41. The average molecular weight is 457 g/mol. The van der Waals surface area contributed by atoms with E-state index >= 15 is 0 Å². The fourth-order valence-corrected chi connectivity index (χ4v) is 4.54. The minimum Gasteiger partial charge on any atom is -0.497 e. The second-order valence-electron chi connectivity index (χ2n) is 8.55. The summed E-state index contributed by atoms with van der Waals surface area (Å²) in [7, 11) is 4.79. The van der Waals surface area contributed by atoms with E-state index in [0.717, 1.165) is 43.1 Å². The number of ether oxygens (including phenoxy) is 4. The molecule has 33 heavy (non-hydrogen) atoms. The normalized spacial score (nSPS) is 20.4. The maximum absolute atomic E-state index is 12.5. The van der Waals surface area contributed by atoms with Crippen molar-refractivity contribution in [1.82, 2.24) is 4.90 Å². The molecule has 8 heteroatoms. The molecule has 0 aromatic heterocycles. The van der Waals surface area contributed by atoms with E-state index in [9.17, 15) is 9.90 Å². The quantitative estimate of drug-likeness (QED) is 0.652. The van der Waals surface area contributed by atoms with E-state index < -0.39 is 5.60 Å². The number of carbonyl (C=O) groups is 1. The second-order valence-corrected chi connectivity index (χ2v) is 8.55. The van der Waals surface area contributed by atoms with Crippen molar-refractivity contribution in [2.45, 2.75) is 31.0 Å². The van der Waals surface area contributed by atoms with Crippen LogP contribution in [0.4, 0.5) is 10.5 Å². The lowest BCUT2D eigenvalue weighted by molar-refractivity contribution is -0.0275. The smallest absolute Gasteiger partial charge is 0.414 e. The monoisotopic (exact) mass is 456 g/mol. The summed E-state index contributed by atoms with van der Waals surface area (Å²) in [5, 5.41) is 11.1. The molecule has 8 nitrogen and oxygen atoms in total. The van der Waals surface area contributed by atoms with Gasteiger partial charge in [-0.2, -0.15) is 0 Å². The maximum atomic E-state index is 12.5. The fourth-order valence-electron chi connectivity index (χ4n) is 4.54. The van der Waals surface area contributed by atoms with Crippen molar-refractivity contribution < 1.29 is 28.8 Å². The number of cyclic esters (lactones) is 1. The molecule has 4 rings (SSSR count). The number of amides is 1. The number of anilines is 1. The van der Waals surface area contributed by atoms with E-state index in [4.69, 9.17) is 18.9 Å². The van der Waals surface area contributed by atoms with Gasteiger partial charge >= 0.3 is 6.09 Å². The van der Waals surface area contributed by atoms with Crippen LogP contribution in [0.5, 0.6) is 17.2 Å². The van der Waals surface area contributed by atoms with E-state index in [2.05, 4.69) is 4.90 Å². The largest absolute Gasteiger partial charge is 0.497 e. The third-order valence-electron chi connectivity index (χ3n) is 6.63. The van der Waals surface area contributed by atoms with Crippen molar-refractivity contribution in [1.29, 1.82) is 0 Å². The lowest BCUT2D eigenvalue weighted by Gasteiger charge is -2.38. The molecular weight excluding hydrogens is 424 g/mol. The lowest BCUT2D eigenvalue weighted by atomic mass is 9.84. The molecule has 0 bridgehead atoms. The highest BCUT2D eigenvalue weighted by Gasteiger charge is 2.36. The minimum absolute atomic E-state index is 0.173. The van der Waals surface area contributed by atoms with Crippen LogP contribution in [0.2, 0.25) is 0 Å². The standard InChI is InChI=1S/C25H32N2O6/c1-30-20-7-4-18(5-8-20)25(29)11-14-26(15-12-25)13-10-21-17-27(24(28)33-21)19-6-9-22(31-2)23(16-19)32-3/h4-9,16,21,29H,10-15,17H2,1-3H3. The van der Waals surface area contributed by atoms with Gasteiger partial charge in [-0.15, -0.1) is 0 Å². The Bertz CT molecular complexity index is 956. The Morgan fingerprint density at radius 2 is 1.70 bits per heavy atom. The van der Waals surface area contributed by atoms with Gasteiger partial charge < -0.3 is 29.0 Å². The molecule has 2 aliphatic heterocycles. The van der Waals surface area contributed by atoms with Gasteiger partial charge in [0.05, 0.1) is 39.2 Å². The Balaban J connectivity index is 1.29. The summed E-state index contributed by atoms with van der Waals surface area (Å²) in [5.74, 6) is 1.97. The number of hydrogen-bond acceptors (Lipinski definition) is 7. The number of likely N-dealkylation sites (tertiary alicyclic amines) is 1. The Morgan fingerprint density at radius 1 is 1.00 bits per heavy atom. The summed E-state index contributed by atoms with van der Waals surface area (Å²) in [4.78, 5) is 16.4. The molecule has 178 valence electrons. The Hall–Kier alpha value is -2.97. The Morgan fingerprint density at radius 3 is 2.33 bits per heavy atom. The number of benzene rings is 2. The molecule has 2 fully saturated rings. The lowest BCUT2D eigenvalue weighted by Crippen LogP contribution is -2.43. The summed E-state index contributed by atoms with van der Waals surface area (Å²) < 4.78 is 21.4. The SMILES string of the molecule is COc1ccc(C2(O)CCN(CCC3CN(c4ccc(OC)c(OC)c4)C(=O)O3)CC2)cc1. The molecule has 2 saturated heterocycles. The molecule has 2 aromatic carbocycles. The van der Waals surface area contributed by atoms with Gasteiger partial charge in [-0.3, -0.25) is 4.90 Å². The van der Waals surface area contributed by atoms with Gasteiger partial charge in [-0.05, 0) is 49.1 Å². The van der Waals surface area contributed by atoms with Crippen LogP contribution in [0, 0.1) is 0 Å². The average Bonchev–Trinajstić information content (AvgIpc) is 3.23. The Kier molecular flexibility index (Phi) is 6.95. The van der Waals surface area contributed by atoms with Crippen molar-refractivity contribution in [2.75, 3.05) is 52.4 Å². The van der Waals surface area contributed by atoms with Crippen LogP contribution in [0.25, 0.3) is 0 Å². The molecule has 1 unspecified atom stereocenters. The van der Waals surface area contributed by atoms with Crippen LogP contribution < -0.4 is 19.1 Å². The highest BCUT2D eigenvalue weighted by molar-refractivity contribution is 5.90. The van der Waals surface area contributed by atoms with Crippen molar-refractivity contribution in [3.05, 3.63) is 48.0 Å². The molecular formula is C25H32N2O6. The molecule has 0 aliphatic carbocycles. The number of hydrogen-bond donors (Lipinski definition) is 1. The van der Waals surface area contributed by atoms with Crippen LogP contribution >= 0.6 is 0 Å². The van der Waals surface area contributed by atoms with Crippen molar-refractivity contribution in [3.8, 4) is 17.2 Å². The first-order valence-corrected chi connectivity index (χ1v) is 11.2. The third-order valence-corrected chi connectivity index (χ3v) is 6.63. The van der Waals surface area contributed by atoms with Crippen LogP contribution in [0.15, 0.2) is 42.5 Å². The molecule has 1 amide bonds. The van der Waals surface area contributed by atoms with E-state index in [1.165, 1.54) is 0 Å². The number of methoxy groups -OCH3 is 3. The molecule has 2 heterocycles. The van der Waals surface area contributed by atoms with Gasteiger partial charge in [0.15, 0.2) is 11.5 Å². The number of carbonyl (C=O) groups excluding carboxylic acids is 1. The van der Waals surface area contributed by atoms with Crippen molar-refractivity contribution in [3.63, 3.8) is 0 Å². The van der Waals surface area contributed by atoms with Crippen LogP contribution in [-0.2, 0) is 10.3 Å². The number of rotatable bonds is 8. The molecule has 1 N–H and O–H groups in total. The van der Waals surface area contributed by atoms with E-state index in [0.29, 0.717) is 30.9 Å². The van der Waals surface area contributed by atoms with Gasteiger partial charge in [0, 0.05) is 25.7 Å². The first kappa shape index (κ1) is 23.2. The van der Waals surface area contributed by atoms with Gasteiger partial charge in [0.25, 0.3) is 0 Å². The van der Waals surface area contributed by atoms with E-state index in [-0.39, 0.29) is 12.2 Å². The van der Waals surface area contributed by atoms with Crippen molar-refractivity contribution in [2.24, 2.45) is 0 Å². The molecule has 2 aliphatic rings. The first-order chi connectivity index (χ1) is 16.0. The second kappa shape index (κ2) is 9.89. The van der Waals surface area contributed by atoms with Gasteiger partial charge in [-0.1, -0.05) is 12.1 Å². The maximum Gasteiger partial charge on any atom is 0.414 e. The summed E-state index contributed by atoms with van der Waals surface area (Å²) in [6.45, 7) is 2.90. The molecule has 0 saturated carbocycles. The number of nitrogens with zero attached hydrogens (tertiary/aromatic N) is 2. The minimum atomic E-state index is -0.813. The molecule has 0 spiro atoms. The Labute approximate surface area is 194 Å². The summed E-state index contributed by atoms with van der Waals surface area (Å²) in [6, 6.07) is 13.1. The van der Waals surface area contributed by atoms with Crippen LogP contribution in [-0.4, -0.2) is 69.7 Å². The molecule has 2 aromatic rings. The zero-order valence-corrected chi connectivity index (χ0v) is 19.5. The third kappa shape index (κ3) is 5.02. The van der Waals surface area contributed by atoms with E-state index in [1.54, 1.807) is 38.4 Å². The van der Waals surface area contributed by atoms with Crippen LogP contribution in [0.3, 0.4) is 0 Å². The predicted molar refractivity (Wildman–Crippen MR) is 124 cm³/mol. The number of piperidine rings is 1. The van der Waals surface area contributed by atoms with Crippen LogP contribution in [0.1, 0.15) is 24.8 Å². The highest BCUT2D eigenvalue weighted by Crippen LogP contribution is 2.35. The summed E-state index contributed by atoms with van der Waals surface area (Å²) in [5.41, 5.74) is 0.841. The zero-order valence-electron chi connectivity index (χ0n) is 19.5. The fraction of sp³-hybridized carbons (Fsp3) is 0.480. The summed E-state index contributed by atoms with van der Waals surface area (Å²) in [6.07, 6.45) is 1.56. The summed E-state index contributed by atoms with van der Waals surface area (Å²) >= 11 is 0. The molecule has 1 atom stereocenters. The van der Waals surface area contributed by atoms with Gasteiger partial charge in [0.2, 0.25) is 0 Å². The number of aliphatic hydroxyl groups is 1. The van der Waals surface area contributed by atoms with E-state index in [1.807, 2.05) is 30.3 Å². The molecule has 0 radical (unpaired) electrons. The topological polar surface area (TPSA) is 80.7 Å². The highest BCUT2D eigenvalue weighted by atomic mass is 16.6. The van der Waals surface area contributed by atoms with Crippen molar-refractivity contribution >= 4 is 11.8 Å².